The van der Waals surface area contributed by atoms with E-state index in [1.54, 1.807) is 12.1 Å². The maximum absolute atomic E-state index is 12.1. The number of ketones is 1. The fraction of sp³-hybridized carbons (Fsp3) is 0.462. The quantitative estimate of drug-likeness (QED) is 0.457. The SMILES string of the molecule is CC1(C)CC(C(=O)c2cccc([N+](=O)[O-])c2)C1. The molecule has 0 heterocycles. The summed E-state index contributed by atoms with van der Waals surface area (Å²) in [5.74, 6) is 0.0695. The summed E-state index contributed by atoms with van der Waals surface area (Å²) in [4.78, 5) is 22.2. The first-order valence-electron chi connectivity index (χ1n) is 5.68. The zero-order valence-corrected chi connectivity index (χ0v) is 9.97. The predicted octanol–water partition coefficient (Wildman–Crippen LogP) is 3.21. The smallest absolute Gasteiger partial charge is 0.270 e. The molecule has 2 rings (SSSR count). The number of nitrogens with zero attached hydrogens (tertiary/aromatic N) is 1. The van der Waals surface area contributed by atoms with Gasteiger partial charge in [-0.2, -0.15) is 0 Å². The van der Waals surface area contributed by atoms with Crippen LogP contribution in [0.4, 0.5) is 5.69 Å². The Hall–Kier alpha value is -1.71. The third-order valence-corrected chi connectivity index (χ3v) is 3.31. The lowest BCUT2D eigenvalue weighted by molar-refractivity contribution is -0.384. The summed E-state index contributed by atoms with van der Waals surface area (Å²) in [5.41, 5.74) is 0.676. The third kappa shape index (κ3) is 2.35. The average Bonchev–Trinajstić information content (AvgIpc) is 2.25. The zero-order chi connectivity index (χ0) is 12.6. The highest BCUT2D eigenvalue weighted by Gasteiger charge is 2.40. The Morgan fingerprint density at radius 3 is 2.59 bits per heavy atom. The van der Waals surface area contributed by atoms with Crippen molar-refractivity contribution in [3.05, 3.63) is 39.9 Å². The summed E-state index contributed by atoms with van der Waals surface area (Å²) in [5, 5.41) is 10.6. The van der Waals surface area contributed by atoms with Crippen LogP contribution in [0.25, 0.3) is 0 Å². The number of Topliss-reactive ketones (excluding diaryl/α,β-unsaturated/α-hetero) is 1. The van der Waals surface area contributed by atoms with Gasteiger partial charge in [-0.1, -0.05) is 26.0 Å². The molecule has 1 aromatic rings. The predicted molar refractivity (Wildman–Crippen MR) is 63.9 cm³/mol. The van der Waals surface area contributed by atoms with Crippen LogP contribution in [0.3, 0.4) is 0 Å². The minimum absolute atomic E-state index is 0.0190. The number of nitro benzene ring substituents is 1. The summed E-state index contributed by atoms with van der Waals surface area (Å²) in [6.07, 6.45) is 1.74. The van der Waals surface area contributed by atoms with E-state index in [9.17, 15) is 14.9 Å². The van der Waals surface area contributed by atoms with Gasteiger partial charge in [0.15, 0.2) is 5.78 Å². The Morgan fingerprint density at radius 2 is 2.06 bits per heavy atom. The standard InChI is InChI=1S/C13H15NO3/c1-13(2)7-10(8-13)12(15)9-4-3-5-11(6-9)14(16)17/h3-6,10H,7-8H2,1-2H3. The fourth-order valence-corrected chi connectivity index (χ4v) is 2.47. The zero-order valence-electron chi connectivity index (χ0n) is 9.97. The van der Waals surface area contributed by atoms with E-state index < -0.39 is 4.92 Å². The van der Waals surface area contributed by atoms with E-state index in [2.05, 4.69) is 13.8 Å². The van der Waals surface area contributed by atoms with Crippen LogP contribution >= 0.6 is 0 Å². The number of carbonyl (C=O) groups excluding carboxylic acids is 1. The second-order valence-electron chi connectivity index (χ2n) is 5.44. The Morgan fingerprint density at radius 1 is 1.41 bits per heavy atom. The monoisotopic (exact) mass is 233 g/mol. The number of rotatable bonds is 3. The molecule has 4 heteroatoms. The molecule has 4 nitrogen and oxygen atoms in total. The molecule has 0 radical (unpaired) electrons. The molecule has 17 heavy (non-hydrogen) atoms. The van der Waals surface area contributed by atoms with Crippen LogP contribution in [-0.4, -0.2) is 10.7 Å². The fourth-order valence-electron chi connectivity index (χ4n) is 2.47. The molecule has 0 bridgehead atoms. The Bertz CT molecular complexity index is 471. The number of hydrogen-bond donors (Lipinski definition) is 0. The van der Waals surface area contributed by atoms with Crippen LogP contribution < -0.4 is 0 Å². The van der Waals surface area contributed by atoms with Crippen molar-refractivity contribution in [3.63, 3.8) is 0 Å². The lowest BCUT2D eigenvalue weighted by atomic mass is 9.62. The Kier molecular flexibility index (Phi) is 2.73. The van der Waals surface area contributed by atoms with Crippen LogP contribution in [0, 0.1) is 21.4 Å². The van der Waals surface area contributed by atoms with E-state index in [4.69, 9.17) is 0 Å². The third-order valence-electron chi connectivity index (χ3n) is 3.31. The van der Waals surface area contributed by atoms with Gasteiger partial charge in [0.1, 0.15) is 0 Å². The van der Waals surface area contributed by atoms with E-state index in [0.717, 1.165) is 12.8 Å². The van der Waals surface area contributed by atoms with Gasteiger partial charge in [0.2, 0.25) is 0 Å². The summed E-state index contributed by atoms with van der Waals surface area (Å²) in [6.45, 7) is 4.26. The molecule has 0 amide bonds. The van der Waals surface area contributed by atoms with Gasteiger partial charge in [0.05, 0.1) is 4.92 Å². The summed E-state index contributed by atoms with van der Waals surface area (Å²) >= 11 is 0. The molecule has 1 fully saturated rings. The molecule has 0 aliphatic heterocycles. The molecule has 0 aromatic heterocycles. The van der Waals surface area contributed by atoms with Gasteiger partial charge < -0.3 is 0 Å². The number of hydrogen-bond acceptors (Lipinski definition) is 3. The van der Waals surface area contributed by atoms with Crippen molar-refractivity contribution in [2.24, 2.45) is 11.3 Å². The van der Waals surface area contributed by atoms with Crippen LogP contribution in [-0.2, 0) is 0 Å². The minimum atomic E-state index is -0.471. The second kappa shape index (κ2) is 3.95. The first-order valence-corrected chi connectivity index (χ1v) is 5.68. The molecular formula is C13H15NO3. The lowest BCUT2D eigenvalue weighted by Crippen LogP contribution is -2.36. The van der Waals surface area contributed by atoms with Crippen molar-refractivity contribution in [1.29, 1.82) is 0 Å². The number of non-ortho nitro benzene ring substituents is 1. The van der Waals surface area contributed by atoms with E-state index >= 15 is 0 Å². The van der Waals surface area contributed by atoms with Crippen molar-refractivity contribution in [3.8, 4) is 0 Å². The maximum atomic E-state index is 12.1. The van der Waals surface area contributed by atoms with E-state index in [0.29, 0.717) is 5.56 Å². The number of nitro groups is 1. The minimum Gasteiger partial charge on any atom is -0.294 e. The van der Waals surface area contributed by atoms with Crippen molar-refractivity contribution >= 4 is 11.5 Å². The summed E-state index contributed by atoms with van der Waals surface area (Å²) < 4.78 is 0. The first-order chi connectivity index (χ1) is 7.89. The van der Waals surface area contributed by atoms with Crippen molar-refractivity contribution in [2.75, 3.05) is 0 Å². The van der Waals surface area contributed by atoms with E-state index in [1.807, 2.05) is 0 Å². The van der Waals surface area contributed by atoms with Gasteiger partial charge >= 0.3 is 0 Å². The van der Waals surface area contributed by atoms with Gasteiger partial charge in [-0.15, -0.1) is 0 Å². The van der Waals surface area contributed by atoms with Crippen molar-refractivity contribution in [1.82, 2.24) is 0 Å². The van der Waals surface area contributed by atoms with Gasteiger partial charge in [0.25, 0.3) is 5.69 Å². The maximum Gasteiger partial charge on any atom is 0.270 e. The largest absolute Gasteiger partial charge is 0.294 e. The molecule has 0 unspecified atom stereocenters. The Balaban J connectivity index is 2.15. The number of benzene rings is 1. The molecule has 1 aliphatic carbocycles. The topological polar surface area (TPSA) is 60.2 Å². The highest BCUT2D eigenvalue weighted by molar-refractivity contribution is 5.99. The lowest BCUT2D eigenvalue weighted by Gasteiger charge is -2.41. The molecule has 0 atom stereocenters. The molecule has 90 valence electrons. The van der Waals surface area contributed by atoms with Crippen LogP contribution in [0.5, 0.6) is 0 Å². The normalized spacial score (nSPS) is 18.5. The Labute approximate surface area is 99.8 Å². The van der Waals surface area contributed by atoms with Gasteiger partial charge in [-0.25, -0.2) is 0 Å². The van der Waals surface area contributed by atoms with Gasteiger partial charge in [0, 0.05) is 23.6 Å². The second-order valence-corrected chi connectivity index (χ2v) is 5.44. The molecule has 1 saturated carbocycles. The summed E-state index contributed by atoms with van der Waals surface area (Å²) in [7, 11) is 0. The van der Waals surface area contributed by atoms with Crippen LogP contribution in [0.2, 0.25) is 0 Å². The van der Waals surface area contributed by atoms with Gasteiger partial charge in [-0.05, 0) is 18.3 Å². The molecule has 1 aliphatic rings. The van der Waals surface area contributed by atoms with Crippen LogP contribution in [0.1, 0.15) is 37.0 Å². The molecular weight excluding hydrogens is 218 g/mol. The molecule has 0 N–H and O–H groups in total. The van der Waals surface area contributed by atoms with Crippen molar-refractivity contribution < 1.29 is 9.72 Å². The van der Waals surface area contributed by atoms with Crippen molar-refractivity contribution in [2.45, 2.75) is 26.7 Å². The first kappa shape index (κ1) is 11.8. The highest BCUT2D eigenvalue weighted by Crippen LogP contribution is 2.46. The van der Waals surface area contributed by atoms with E-state index in [1.165, 1.54) is 12.1 Å². The molecule has 0 spiro atoms. The van der Waals surface area contributed by atoms with E-state index in [-0.39, 0.29) is 22.8 Å². The molecule has 0 saturated heterocycles. The number of carbonyl (C=O) groups is 1. The average molecular weight is 233 g/mol. The summed E-state index contributed by atoms with van der Waals surface area (Å²) in [6, 6.07) is 5.99. The van der Waals surface area contributed by atoms with Gasteiger partial charge in [-0.3, -0.25) is 14.9 Å². The molecule has 1 aromatic carbocycles. The highest BCUT2D eigenvalue weighted by atomic mass is 16.6. The van der Waals surface area contributed by atoms with Crippen LogP contribution in [0.15, 0.2) is 24.3 Å².